The van der Waals surface area contributed by atoms with Gasteiger partial charge >= 0.3 is 5.97 Å². The van der Waals surface area contributed by atoms with Crippen molar-refractivity contribution < 1.29 is 15.0 Å². The van der Waals surface area contributed by atoms with Crippen LogP contribution in [0, 0.1) is 13.8 Å². The molecule has 0 amide bonds. The van der Waals surface area contributed by atoms with Crippen LogP contribution in [-0.2, 0) is 7.05 Å². The SMILES string of the molecule is Cc1nn(C)c(C)c1-c1ccc(C(=O)O)cc1O. The van der Waals surface area contributed by atoms with Crippen molar-refractivity contribution in [2.45, 2.75) is 13.8 Å². The highest BCUT2D eigenvalue weighted by Crippen LogP contribution is 2.34. The maximum atomic E-state index is 10.8. The Kier molecular flexibility index (Phi) is 2.82. The van der Waals surface area contributed by atoms with E-state index in [0.29, 0.717) is 5.56 Å². The van der Waals surface area contributed by atoms with Gasteiger partial charge in [-0.05, 0) is 32.0 Å². The Bertz CT molecular complexity index is 629. The highest BCUT2D eigenvalue weighted by molar-refractivity contribution is 5.90. The van der Waals surface area contributed by atoms with E-state index in [2.05, 4.69) is 5.10 Å². The first-order valence-electron chi connectivity index (χ1n) is 5.48. The molecule has 5 nitrogen and oxygen atoms in total. The molecule has 1 heterocycles. The van der Waals surface area contributed by atoms with E-state index in [0.717, 1.165) is 17.0 Å². The van der Waals surface area contributed by atoms with Crippen LogP contribution >= 0.6 is 0 Å². The molecule has 2 N–H and O–H groups in total. The second-order valence-electron chi connectivity index (χ2n) is 4.21. The third-order valence-corrected chi connectivity index (χ3v) is 3.02. The molecule has 0 unspecified atom stereocenters. The largest absolute Gasteiger partial charge is 0.507 e. The molecule has 0 saturated carbocycles. The summed E-state index contributed by atoms with van der Waals surface area (Å²) in [6, 6.07) is 4.34. The lowest BCUT2D eigenvalue weighted by molar-refractivity contribution is 0.0696. The van der Waals surface area contributed by atoms with Crippen LogP contribution in [0.4, 0.5) is 0 Å². The molecule has 0 spiro atoms. The van der Waals surface area contributed by atoms with Crippen LogP contribution in [0.15, 0.2) is 18.2 Å². The van der Waals surface area contributed by atoms with E-state index >= 15 is 0 Å². The zero-order valence-electron chi connectivity index (χ0n) is 10.4. The van der Waals surface area contributed by atoms with Crippen molar-refractivity contribution in [3.63, 3.8) is 0 Å². The fourth-order valence-corrected chi connectivity index (χ4v) is 2.04. The number of aromatic hydroxyl groups is 1. The zero-order chi connectivity index (χ0) is 13.4. The molecule has 0 radical (unpaired) electrons. The molecule has 0 fully saturated rings. The van der Waals surface area contributed by atoms with Gasteiger partial charge in [-0.25, -0.2) is 4.79 Å². The average Bonchev–Trinajstić information content (AvgIpc) is 2.54. The van der Waals surface area contributed by atoms with Crippen molar-refractivity contribution in [3.8, 4) is 16.9 Å². The molecule has 18 heavy (non-hydrogen) atoms. The highest BCUT2D eigenvalue weighted by atomic mass is 16.4. The molecule has 0 atom stereocenters. The van der Waals surface area contributed by atoms with Crippen LogP contribution in [0.1, 0.15) is 21.7 Å². The Morgan fingerprint density at radius 1 is 1.33 bits per heavy atom. The fourth-order valence-electron chi connectivity index (χ4n) is 2.04. The summed E-state index contributed by atoms with van der Waals surface area (Å²) in [7, 11) is 1.83. The van der Waals surface area contributed by atoms with Crippen molar-refractivity contribution in [2.24, 2.45) is 7.05 Å². The summed E-state index contributed by atoms with van der Waals surface area (Å²) < 4.78 is 1.73. The predicted molar refractivity (Wildman–Crippen MR) is 66.7 cm³/mol. The standard InChI is InChI=1S/C13H14N2O3/c1-7-12(8(2)15(3)14-7)10-5-4-9(13(17)18)6-11(10)16/h4-6,16H,1-3H3,(H,17,18). The van der Waals surface area contributed by atoms with Crippen LogP contribution in [0.5, 0.6) is 5.75 Å². The first-order chi connectivity index (χ1) is 8.41. The van der Waals surface area contributed by atoms with E-state index in [1.54, 1.807) is 10.7 Å². The summed E-state index contributed by atoms with van der Waals surface area (Å²) in [4.78, 5) is 10.8. The molecule has 0 aliphatic rings. The van der Waals surface area contributed by atoms with Gasteiger partial charge in [0.2, 0.25) is 0 Å². The third kappa shape index (κ3) is 1.84. The van der Waals surface area contributed by atoms with Gasteiger partial charge in [0.15, 0.2) is 0 Å². The number of benzene rings is 1. The summed E-state index contributed by atoms with van der Waals surface area (Å²) in [5, 5.41) is 23.1. The monoisotopic (exact) mass is 246 g/mol. The Hall–Kier alpha value is -2.30. The number of carbonyl (C=O) groups is 1. The van der Waals surface area contributed by atoms with Crippen LogP contribution in [0.2, 0.25) is 0 Å². The number of hydrogen-bond donors (Lipinski definition) is 2. The predicted octanol–water partition coefficient (Wildman–Crippen LogP) is 2.11. The number of carboxylic acids is 1. The molecule has 0 saturated heterocycles. The Balaban J connectivity index is 2.62. The van der Waals surface area contributed by atoms with E-state index in [-0.39, 0.29) is 11.3 Å². The quantitative estimate of drug-likeness (QED) is 0.851. The van der Waals surface area contributed by atoms with Gasteiger partial charge in [-0.15, -0.1) is 0 Å². The number of phenolic OH excluding ortho intramolecular Hbond substituents is 1. The molecular formula is C13H14N2O3. The lowest BCUT2D eigenvalue weighted by Gasteiger charge is -2.06. The minimum Gasteiger partial charge on any atom is -0.507 e. The number of rotatable bonds is 2. The molecule has 5 heteroatoms. The van der Waals surface area contributed by atoms with E-state index < -0.39 is 5.97 Å². The van der Waals surface area contributed by atoms with Crippen molar-refractivity contribution in [1.29, 1.82) is 0 Å². The minimum atomic E-state index is -1.06. The molecule has 0 aliphatic heterocycles. The van der Waals surface area contributed by atoms with Gasteiger partial charge in [-0.2, -0.15) is 5.10 Å². The Morgan fingerprint density at radius 2 is 2.00 bits per heavy atom. The van der Waals surface area contributed by atoms with Crippen LogP contribution in [0.3, 0.4) is 0 Å². The topological polar surface area (TPSA) is 75.4 Å². The zero-order valence-corrected chi connectivity index (χ0v) is 10.4. The van der Waals surface area contributed by atoms with Gasteiger partial charge in [0.05, 0.1) is 11.3 Å². The fraction of sp³-hybridized carbons (Fsp3) is 0.231. The van der Waals surface area contributed by atoms with Crippen molar-refractivity contribution in [1.82, 2.24) is 9.78 Å². The maximum absolute atomic E-state index is 10.8. The summed E-state index contributed by atoms with van der Waals surface area (Å²) >= 11 is 0. The average molecular weight is 246 g/mol. The van der Waals surface area contributed by atoms with Crippen molar-refractivity contribution in [3.05, 3.63) is 35.2 Å². The second-order valence-corrected chi connectivity index (χ2v) is 4.21. The molecule has 1 aromatic carbocycles. The first kappa shape index (κ1) is 12.2. The second kappa shape index (κ2) is 4.18. The number of nitrogens with zero attached hydrogens (tertiary/aromatic N) is 2. The van der Waals surface area contributed by atoms with E-state index in [1.165, 1.54) is 12.1 Å². The van der Waals surface area contributed by atoms with E-state index in [4.69, 9.17) is 5.11 Å². The molecule has 0 aliphatic carbocycles. The van der Waals surface area contributed by atoms with Gasteiger partial charge in [-0.1, -0.05) is 0 Å². The van der Waals surface area contributed by atoms with E-state index in [9.17, 15) is 9.90 Å². The molecule has 94 valence electrons. The Labute approximate surface area is 104 Å². The summed E-state index contributed by atoms with van der Waals surface area (Å²) in [6.07, 6.45) is 0. The number of phenols is 1. The lowest BCUT2D eigenvalue weighted by atomic mass is 10.0. The van der Waals surface area contributed by atoms with Gasteiger partial charge in [0, 0.05) is 23.9 Å². The molecule has 2 rings (SSSR count). The molecule has 2 aromatic rings. The van der Waals surface area contributed by atoms with Crippen LogP contribution in [0.25, 0.3) is 11.1 Å². The smallest absolute Gasteiger partial charge is 0.335 e. The van der Waals surface area contributed by atoms with Gasteiger partial charge in [0.1, 0.15) is 5.75 Å². The van der Waals surface area contributed by atoms with Crippen molar-refractivity contribution >= 4 is 5.97 Å². The van der Waals surface area contributed by atoms with Crippen molar-refractivity contribution in [2.75, 3.05) is 0 Å². The van der Waals surface area contributed by atoms with E-state index in [1.807, 2.05) is 20.9 Å². The lowest BCUT2D eigenvalue weighted by Crippen LogP contribution is -1.96. The molecule has 1 aromatic heterocycles. The summed E-state index contributed by atoms with van der Waals surface area (Å²) in [6.45, 7) is 3.76. The number of aryl methyl sites for hydroxylation is 2. The Morgan fingerprint density at radius 3 is 2.44 bits per heavy atom. The molecular weight excluding hydrogens is 232 g/mol. The summed E-state index contributed by atoms with van der Waals surface area (Å²) in [5.74, 6) is -1.11. The van der Waals surface area contributed by atoms with Crippen LogP contribution in [-0.4, -0.2) is 26.0 Å². The number of hydrogen-bond acceptors (Lipinski definition) is 3. The number of aromatic nitrogens is 2. The maximum Gasteiger partial charge on any atom is 0.335 e. The van der Waals surface area contributed by atoms with Gasteiger partial charge in [-0.3, -0.25) is 4.68 Å². The number of carboxylic acid groups (broad SMARTS) is 1. The minimum absolute atomic E-state index is 0.0471. The highest BCUT2D eigenvalue weighted by Gasteiger charge is 2.16. The number of aromatic carboxylic acids is 1. The van der Waals surface area contributed by atoms with Crippen LogP contribution < -0.4 is 0 Å². The normalized spacial score (nSPS) is 10.6. The third-order valence-electron chi connectivity index (χ3n) is 3.02. The van der Waals surface area contributed by atoms with Gasteiger partial charge in [0.25, 0.3) is 0 Å². The van der Waals surface area contributed by atoms with Gasteiger partial charge < -0.3 is 10.2 Å². The first-order valence-corrected chi connectivity index (χ1v) is 5.48. The molecule has 0 bridgehead atoms. The summed E-state index contributed by atoms with van der Waals surface area (Å²) in [5.41, 5.74) is 3.23.